The van der Waals surface area contributed by atoms with Crippen molar-refractivity contribution in [3.63, 3.8) is 0 Å². The van der Waals surface area contributed by atoms with E-state index in [0.29, 0.717) is 30.0 Å². The van der Waals surface area contributed by atoms with E-state index in [4.69, 9.17) is 0 Å². The normalized spacial score (nSPS) is 21.6. The minimum absolute atomic E-state index is 0.0407. The maximum Gasteiger partial charge on any atom is 0.276 e. The third-order valence-electron chi connectivity index (χ3n) is 6.95. The van der Waals surface area contributed by atoms with Crippen molar-refractivity contribution >= 4 is 17.5 Å². The van der Waals surface area contributed by atoms with Crippen LogP contribution in [0.5, 0.6) is 0 Å². The molecular weight excluding hydrogens is 460 g/mol. The molecule has 1 aliphatic heterocycles. The molecule has 2 N–H and O–H groups in total. The number of carbonyl (C=O) groups is 2. The highest BCUT2D eigenvalue weighted by Gasteiger charge is 2.39. The maximum atomic E-state index is 13.8. The topological polar surface area (TPSA) is 127 Å². The van der Waals surface area contributed by atoms with Gasteiger partial charge in [-0.3, -0.25) is 9.59 Å². The SMILES string of the molecule is Cc1nonc1C(=O)N[C@H](c1cn2nc(CC3CCCNC3=O)ccc2n1)C1CCC(F)(F)CC1. The van der Waals surface area contributed by atoms with E-state index in [1.165, 1.54) is 0 Å². The van der Waals surface area contributed by atoms with Gasteiger partial charge in [-0.15, -0.1) is 0 Å². The molecule has 0 bridgehead atoms. The molecule has 3 aromatic heterocycles. The van der Waals surface area contributed by atoms with E-state index in [-0.39, 0.29) is 49.1 Å². The summed E-state index contributed by atoms with van der Waals surface area (Å²) in [5.74, 6) is -3.50. The predicted molar refractivity (Wildman–Crippen MR) is 119 cm³/mol. The summed E-state index contributed by atoms with van der Waals surface area (Å²) in [7, 11) is 0. The summed E-state index contributed by atoms with van der Waals surface area (Å²) in [6.45, 7) is 2.31. The van der Waals surface area contributed by atoms with Gasteiger partial charge in [0.2, 0.25) is 11.8 Å². The third-order valence-corrected chi connectivity index (χ3v) is 6.95. The van der Waals surface area contributed by atoms with Crippen molar-refractivity contribution in [2.75, 3.05) is 6.54 Å². The van der Waals surface area contributed by atoms with Crippen LogP contribution < -0.4 is 10.6 Å². The van der Waals surface area contributed by atoms with E-state index in [0.717, 1.165) is 18.5 Å². The standard InChI is InChI=1S/C23H27F2N7O3/c1-13-19(31-35-30-13)22(34)28-20(14-6-8-23(24,25)9-7-14)17-12-32-18(27-17)5-4-16(29-32)11-15-3-2-10-26-21(15)33/h4-5,12,14-15,20H,2-3,6-11H2,1H3,(H,26,33)(H,28,34)/t15?,20-/m0/s1. The number of nitrogens with zero attached hydrogens (tertiary/aromatic N) is 5. The summed E-state index contributed by atoms with van der Waals surface area (Å²) < 4.78 is 33.9. The first kappa shape index (κ1) is 23.3. The largest absolute Gasteiger partial charge is 0.356 e. The van der Waals surface area contributed by atoms with Crippen molar-refractivity contribution < 1.29 is 23.0 Å². The van der Waals surface area contributed by atoms with Crippen molar-refractivity contribution in [3.8, 4) is 0 Å². The molecule has 2 atom stereocenters. The number of hydrogen-bond acceptors (Lipinski definition) is 7. The van der Waals surface area contributed by atoms with E-state index in [1.54, 1.807) is 17.6 Å². The molecular formula is C23H27F2N7O3. The van der Waals surface area contributed by atoms with Crippen LogP contribution in [0.3, 0.4) is 0 Å². The monoisotopic (exact) mass is 487 g/mol. The van der Waals surface area contributed by atoms with Gasteiger partial charge in [-0.25, -0.2) is 22.9 Å². The summed E-state index contributed by atoms with van der Waals surface area (Å²) in [6, 6.07) is 3.04. The fourth-order valence-corrected chi connectivity index (χ4v) is 4.96. The molecule has 1 unspecified atom stereocenters. The Hall–Kier alpha value is -3.44. The summed E-state index contributed by atoms with van der Waals surface area (Å²) >= 11 is 0. The Morgan fingerprint density at radius 2 is 2.09 bits per heavy atom. The molecule has 2 aliphatic rings. The van der Waals surface area contributed by atoms with E-state index < -0.39 is 17.9 Å². The lowest BCUT2D eigenvalue weighted by Gasteiger charge is -2.33. The van der Waals surface area contributed by atoms with Gasteiger partial charge >= 0.3 is 0 Å². The number of aromatic nitrogens is 5. The predicted octanol–water partition coefficient (Wildman–Crippen LogP) is 2.79. The fourth-order valence-electron chi connectivity index (χ4n) is 4.96. The summed E-state index contributed by atoms with van der Waals surface area (Å²) in [5, 5.41) is 17.7. The Morgan fingerprint density at radius 1 is 1.29 bits per heavy atom. The number of piperidine rings is 1. The molecule has 0 aromatic carbocycles. The molecule has 1 aliphatic carbocycles. The zero-order valence-electron chi connectivity index (χ0n) is 19.3. The van der Waals surface area contributed by atoms with Gasteiger partial charge in [-0.05, 0) is 55.8 Å². The molecule has 3 aromatic rings. The number of carbonyl (C=O) groups excluding carboxylic acids is 2. The molecule has 35 heavy (non-hydrogen) atoms. The first-order valence-electron chi connectivity index (χ1n) is 11.9. The number of halogens is 2. The van der Waals surface area contributed by atoms with Crippen LogP contribution in [0, 0.1) is 18.8 Å². The first-order chi connectivity index (χ1) is 16.8. The lowest BCUT2D eigenvalue weighted by atomic mass is 9.81. The molecule has 2 fully saturated rings. The number of nitrogens with one attached hydrogen (secondary N) is 2. The Morgan fingerprint density at radius 3 is 2.80 bits per heavy atom. The van der Waals surface area contributed by atoms with Crippen LogP contribution in [-0.2, 0) is 11.2 Å². The number of fused-ring (bicyclic) bond motifs is 1. The molecule has 2 amide bonds. The molecule has 1 saturated heterocycles. The van der Waals surface area contributed by atoms with Gasteiger partial charge in [0.05, 0.1) is 23.6 Å². The van der Waals surface area contributed by atoms with E-state index in [9.17, 15) is 18.4 Å². The second-order valence-electron chi connectivity index (χ2n) is 9.47. The van der Waals surface area contributed by atoms with Crippen LogP contribution >= 0.6 is 0 Å². The Labute approximate surface area is 199 Å². The second-order valence-corrected chi connectivity index (χ2v) is 9.47. The maximum absolute atomic E-state index is 13.8. The summed E-state index contributed by atoms with van der Waals surface area (Å²) in [5.41, 5.74) is 2.24. The minimum Gasteiger partial charge on any atom is -0.356 e. The van der Waals surface area contributed by atoms with Gasteiger partial charge in [-0.2, -0.15) is 5.10 Å². The minimum atomic E-state index is -2.70. The van der Waals surface area contributed by atoms with Gasteiger partial charge in [0.25, 0.3) is 5.91 Å². The molecule has 1 saturated carbocycles. The average Bonchev–Trinajstić information content (AvgIpc) is 3.45. The number of aryl methyl sites for hydroxylation is 1. The van der Waals surface area contributed by atoms with Gasteiger partial charge in [0, 0.05) is 31.7 Å². The average molecular weight is 488 g/mol. The number of rotatable bonds is 6. The van der Waals surface area contributed by atoms with Gasteiger partial charge in [0.1, 0.15) is 5.69 Å². The third kappa shape index (κ3) is 5.01. The second kappa shape index (κ2) is 9.31. The van der Waals surface area contributed by atoms with Crippen LogP contribution in [0.2, 0.25) is 0 Å². The van der Waals surface area contributed by atoms with Crippen molar-refractivity contribution in [1.29, 1.82) is 0 Å². The van der Waals surface area contributed by atoms with Gasteiger partial charge in [-0.1, -0.05) is 5.16 Å². The molecule has 0 spiro atoms. The van der Waals surface area contributed by atoms with E-state index >= 15 is 0 Å². The van der Waals surface area contributed by atoms with Crippen molar-refractivity contribution in [3.05, 3.63) is 41.1 Å². The first-order valence-corrected chi connectivity index (χ1v) is 11.9. The highest BCUT2D eigenvalue weighted by molar-refractivity contribution is 5.93. The lowest BCUT2D eigenvalue weighted by Crippen LogP contribution is -2.37. The van der Waals surface area contributed by atoms with Crippen LogP contribution in [0.25, 0.3) is 5.65 Å². The quantitative estimate of drug-likeness (QED) is 0.547. The molecule has 0 radical (unpaired) electrons. The van der Waals surface area contributed by atoms with Crippen LogP contribution in [-0.4, -0.2) is 49.2 Å². The van der Waals surface area contributed by atoms with Crippen LogP contribution in [0.15, 0.2) is 23.0 Å². The molecule has 10 nitrogen and oxygen atoms in total. The Balaban J connectivity index is 1.41. The fraction of sp³-hybridized carbons (Fsp3) is 0.565. The smallest absolute Gasteiger partial charge is 0.276 e. The summed E-state index contributed by atoms with van der Waals surface area (Å²) in [6.07, 6.45) is 4.00. The number of alkyl halides is 2. The Bertz CT molecular complexity index is 1230. The number of amides is 2. The zero-order valence-corrected chi connectivity index (χ0v) is 19.3. The molecule has 12 heteroatoms. The van der Waals surface area contributed by atoms with Crippen LogP contribution in [0.4, 0.5) is 8.78 Å². The molecule has 5 rings (SSSR count). The van der Waals surface area contributed by atoms with Gasteiger partial charge < -0.3 is 10.6 Å². The Kier molecular flexibility index (Phi) is 6.20. The van der Waals surface area contributed by atoms with E-state index in [1.807, 2.05) is 12.1 Å². The lowest BCUT2D eigenvalue weighted by molar-refractivity contribution is -0.126. The highest BCUT2D eigenvalue weighted by Crippen LogP contribution is 2.41. The van der Waals surface area contributed by atoms with E-state index in [2.05, 4.69) is 35.7 Å². The van der Waals surface area contributed by atoms with Crippen molar-refractivity contribution in [2.45, 2.75) is 63.8 Å². The van der Waals surface area contributed by atoms with Crippen molar-refractivity contribution in [1.82, 2.24) is 35.5 Å². The summed E-state index contributed by atoms with van der Waals surface area (Å²) in [4.78, 5) is 29.7. The molecule has 4 heterocycles. The number of hydrogen-bond donors (Lipinski definition) is 2. The van der Waals surface area contributed by atoms with Gasteiger partial charge in [0.15, 0.2) is 11.3 Å². The molecule has 186 valence electrons. The highest BCUT2D eigenvalue weighted by atomic mass is 19.3. The van der Waals surface area contributed by atoms with Crippen molar-refractivity contribution in [2.24, 2.45) is 11.8 Å². The zero-order chi connectivity index (χ0) is 24.6. The number of imidazole rings is 1. The van der Waals surface area contributed by atoms with Crippen LogP contribution in [0.1, 0.15) is 72.1 Å².